The first-order valence-corrected chi connectivity index (χ1v) is 5.58. The van der Waals surface area contributed by atoms with Gasteiger partial charge in [-0.1, -0.05) is 0 Å². The van der Waals surface area contributed by atoms with E-state index in [9.17, 15) is 19.5 Å². The molecular formula is C12H14N2O5. The molecule has 1 aromatic heterocycles. The second-order valence-electron chi connectivity index (χ2n) is 3.64. The standard InChI is InChI=1S/C12H14N2O5/c1-3-19-9(16)5-14-12(18)10-11(17)7(2)8(6-15)4-13-10/h4,6,17H,3,5H2,1-2H3,(H,14,18). The van der Waals surface area contributed by atoms with Gasteiger partial charge in [-0.15, -0.1) is 0 Å². The molecule has 1 aromatic rings. The van der Waals surface area contributed by atoms with Gasteiger partial charge in [0.2, 0.25) is 0 Å². The third-order valence-corrected chi connectivity index (χ3v) is 2.39. The Morgan fingerprint density at radius 3 is 2.79 bits per heavy atom. The van der Waals surface area contributed by atoms with Gasteiger partial charge in [0, 0.05) is 17.3 Å². The van der Waals surface area contributed by atoms with Gasteiger partial charge in [-0.05, 0) is 13.8 Å². The summed E-state index contributed by atoms with van der Waals surface area (Å²) in [6, 6.07) is 0. The van der Waals surface area contributed by atoms with Gasteiger partial charge in [0.05, 0.1) is 6.61 Å². The molecule has 7 heteroatoms. The van der Waals surface area contributed by atoms with Crippen molar-refractivity contribution < 1.29 is 24.2 Å². The van der Waals surface area contributed by atoms with Crippen LogP contribution in [0, 0.1) is 6.92 Å². The summed E-state index contributed by atoms with van der Waals surface area (Å²) in [5.74, 6) is -1.69. The second kappa shape index (κ2) is 6.48. The topological polar surface area (TPSA) is 106 Å². The number of aldehydes is 1. The maximum Gasteiger partial charge on any atom is 0.325 e. The number of carbonyl (C=O) groups is 3. The molecule has 0 fully saturated rings. The molecule has 0 radical (unpaired) electrons. The van der Waals surface area contributed by atoms with Crippen LogP contribution in [0.3, 0.4) is 0 Å². The highest BCUT2D eigenvalue weighted by molar-refractivity contribution is 5.97. The third kappa shape index (κ3) is 3.51. The van der Waals surface area contributed by atoms with E-state index in [0.717, 1.165) is 0 Å². The van der Waals surface area contributed by atoms with E-state index in [1.165, 1.54) is 13.1 Å². The number of aromatic nitrogens is 1. The molecule has 1 heterocycles. The van der Waals surface area contributed by atoms with Crippen molar-refractivity contribution >= 4 is 18.2 Å². The number of pyridine rings is 1. The molecule has 1 rings (SSSR count). The number of rotatable bonds is 5. The van der Waals surface area contributed by atoms with E-state index in [2.05, 4.69) is 15.0 Å². The Kier molecular flexibility index (Phi) is 4.99. The lowest BCUT2D eigenvalue weighted by Crippen LogP contribution is -2.31. The molecule has 0 aliphatic heterocycles. The molecule has 0 saturated heterocycles. The van der Waals surface area contributed by atoms with Gasteiger partial charge in [0.15, 0.2) is 17.7 Å². The lowest BCUT2D eigenvalue weighted by molar-refractivity contribution is -0.141. The third-order valence-electron chi connectivity index (χ3n) is 2.39. The second-order valence-corrected chi connectivity index (χ2v) is 3.64. The van der Waals surface area contributed by atoms with Crippen LogP contribution in [-0.4, -0.2) is 41.4 Å². The molecule has 1 amide bonds. The van der Waals surface area contributed by atoms with Gasteiger partial charge in [-0.3, -0.25) is 14.4 Å². The fourth-order valence-corrected chi connectivity index (χ4v) is 1.34. The van der Waals surface area contributed by atoms with Crippen LogP contribution in [0.15, 0.2) is 6.20 Å². The van der Waals surface area contributed by atoms with Crippen molar-refractivity contribution in [2.24, 2.45) is 0 Å². The zero-order chi connectivity index (χ0) is 14.4. The maximum atomic E-state index is 11.7. The van der Waals surface area contributed by atoms with Gasteiger partial charge >= 0.3 is 5.97 Å². The van der Waals surface area contributed by atoms with Crippen molar-refractivity contribution in [3.63, 3.8) is 0 Å². The van der Waals surface area contributed by atoms with Crippen molar-refractivity contribution in [1.82, 2.24) is 10.3 Å². The number of carbonyl (C=O) groups excluding carboxylic acids is 3. The molecule has 0 atom stereocenters. The normalized spacial score (nSPS) is 9.79. The number of hydrogen-bond acceptors (Lipinski definition) is 6. The lowest BCUT2D eigenvalue weighted by Gasteiger charge is -2.08. The number of esters is 1. The van der Waals surface area contributed by atoms with E-state index in [0.29, 0.717) is 6.29 Å². The van der Waals surface area contributed by atoms with Crippen molar-refractivity contribution in [1.29, 1.82) is 0 Å². The summed E-state index contributed by atoms with van der Waals surface area (Å²) >= 11 is 0. The zero-order valence-electron chi connectivity index (χ0n) is 10.6. The van der Waals surface area contributed by atoms with Crippen LogP contribution >= 0.6 is 0 Å². The van der Waals surface area contributed by atoms with Crippen LogP contribution in [0.2, 0.25) is 0 Å². The van der Waals surface area contributed by atoms with Crippen LogP contribution in [-0.2, 0) is 9.53 Å². The highest BCUT2D eigenvalue weighted by atomic mass is 16.5. The molecule has 0 spiro atoms. The molecule has 102 valence electrons. The summed E-state index contributed by atoms with van der Waals surface area (Å²) in [6.45, 7) is 3.03. The first-order chi connectivity index (χ1) is 9.01. The molecular weight excluding hydrogens is 252 g/mol. The van der Waals surface area contributed by atoms with Gasteiger partial charge in [0.1, 0.15) is 6.54 Å². The van der Waals surface area contributed by atoms with E-state index in [1.54, 1.807) is 6.92 Å². The summed E-state index contributed by atoms with van der Waals surface area (Å²) in [4.78, 5) is 37.1. The van der Waals surface area contributed by atoms with Gasteiger partial charge < -0.3 is 15.2 Å². The van der Waals surface area contributed by atoms with Crippen LogP contribution in [0.5, 0.6) is 5.75 Å². The average molecular weight is 266 g/mol. The smallest absolute Gasteiger partial charge is 0.325 e. The molecule has 0 unspecified atom stereocenters. The minimum Gasteiger partial charge on any atom is -0.505 e. The van der Waals surface area contributed by atoms with Crippen molar-refractivity contribution in [2.75, 3.05) is 13.2 Å². The Hall–Kier alpha value is -2.44. The molecule has 19 heavy (non-hydrogen) atoms. The number of amides is 1. The van der Waals surface area contributed by atoms with E-state index in [4.69, 9.17) is 0 Å². The van der Waals surface area contributed by atoms with Gasteiger partial charge in [-0.2, -0.15) is 0 Å². The first kappa shape index (κ1) is 14.6. The fraction of sp³-hybridized carbons (Fsp3) is 0.333. The van der Waals surface area contributed by atoms with Gasteiger partial charge in [0.25, 0.3) is 5.91 Å². The van der Waals surface area contributed by atoms with E-state index in [1.807, 2.05) is 0 Å². The predicted molar refractivity (Wildman–Crippen MR) is 65.0 cm³/mol. The zero-order valence-corrected chi connectivity index (χ0v) is 10.6. The Morgan fingerprint density at radius 1 is 1.53 bits per heavy atom. The number of nitrogens with one attached hydrogen (secondary N) is 1. The number of hydrogen-bond donors (Lipinski definition) is 2. The largest absolute Gasteiger partial charge is 0.505 e. The summed E-state index contributed by atoms with van der Waals surface area (Å²) in [5, 5.41) is 12.0. The average Bonchev–Trinajstić information content (AvgIpc) is 2.39. The SMILES string of the molecule is CCOC(=O)CNC(=O)c1ncc(C=O)c(C)c1O. The summed E-state index contributed by atoms with van der Waals surface area (Å²) in [7, 11) is 0. The van der Waals surface area contributed by atoms with E-state index >= 15 is 0 Å². The minimum absolute atomic E-state index is 0.194. The first-order valence-electron chi connectivity index (χ1n) is 5.58. The maximum absolute atomic E-state index is 11.7. The lowest BCUT2D eigenvalue weighted by atomic mass is 10.1. The van der Waals surface area contributed by atoms with E-state index in [-0.39, 0.29) is 35.7 Å². The van der Waals surface area contributed by atoms with Crippen LogP contribution in [0.4, 0.5) is 0 Å². The van der Waals surface area contributed by atoms with Crippen molar-refractivity contribution in [2.45, 2.75) is 13.8 Å². The molecule has 2 N–H and O–H groups in total. The molecule has 7 nitrogen and oxygen atoms in total. The molecule has 0 aliphatic carbocycles. The number of ether oxygens (including phenoxy) is 1. The minimum atomic E-state index is -0.717. The van der Waals surface area contributed by atoms with Crippen LogP contribution in [0.1, 0.15) is 33.3 Å². The van der Waals surface area contributed by atoms with Crippen LogP contribution < -0.4 is 5.32 Å². The fourth-order valence-electron chi connectivity index (χ4n) is 1.34. The number of aromatic hydroxyl groups is 1. The highest BCUT2D eigenvalue weighted by Gasteiger charge is 2.17. The van der Waals surface area contributed by atoms with Crippen molar-refractivity contribution in [3.05, 3.63) is 23.0 Å². The number of nitrogens with zero attached hydrogens (tertiary/aromatic N) is 1. The Labute approximate surface area is 109 Å². The molecule has 0 aromatic carbocycles. The van der Waals surface area contributed by atoms with Crippen molar-refractivity contribution in [3.8, 4) is 5.75 Å². The Morgan fingerprint density at radius 2 is 2.21 bits per heavy atom. The summed E-state index contributed by atoms with van der Waals surface area (Å²) in [5.41, 5.74) is 0.207. The Bertz CT molecular complexity index is 513. The predicted octanol–water partition coefficient (Wildman–Crippen LogP) is 0.201. The Balaban J connectivity index is 2.81. The molecule has 0 saturated carbocycles. The summed E-state index contributed by atoms with van der Waals surface area (Å²) < 4.78 is 4.64. The quantitative estimate of drug-likeness (QED) is 0.582. The molecule has 0 aliphatic rings. The van der Waals surface area contributed by atoms with E-state index < -0.39 is 11.9 Å². The van der Waals surface area contributed by atoms with Crippen LogP contribution in [0.25, 0.3) is 0 Å². The van der Waals surface area contributed by atoms with Gasteiger partial charge in [-0.25, -0.2) is 4.98 Å². The molecule has 0 bridgehead atoms. The monoisotopic (exact) mass is 266 g/mol. The summed E-state index contributed by atoms with van der Waals surface area (Å²) in [6.07, 6.45) is 1.71. The highest BCUT2D eigenvalue weighted by Crippen LogP contribution is 2.21.